The first kappa shape index (κ1) is 12.4. The number of hydrogen-bond donors (Lipinski definition) is 1. The Balaban J connectivity index is 2.77. The maximum Gasteiger partial charge on any atom is 0.237 e. The van der Waals surface area contributed by atoms with Crippen molar-refractivity contribution in [1.82, 2.24) is 4.31 Å². The number of carbonyl (C=O) groups is 1. The molecule has 1 aliphatic carbocycles. The van der Waals surface area contributed by atoms with Crippen molar-refractivity contribution < 1.29 is 13.2 Å². The maximum absolute atomic E-state index is 11.8. The number of amides is 1. The highest BCUT2D eigenvalue weighted by Gasteiger charge is 2.39. The Morgan fingerprint density at radius 2 is 2.07 bits per heavy atom. The molecule has 0 aliphatic heterocycles. The predicted molar refractivity (Wildman–Crippen MR) is 57.6 cm³/mol. The number of sulfonamides is 1. The second-order valence-electron chi connectivity index (χ2n) is 3.78. The van der Waals surface area contributed by atoms with E-state index in [9.17, 15) is 13.2 Å². The minimum Gasteiger partial charge on any atom is -0.330 e. The van der Waals surface area contributed by atoms with Gasteiger partial charge in [0.25, 0.3) is 0 Å². The molecule has 6 heteroatoms. The Morgan fingerprint density at radius 3 is 2.47 bits per heavy atom. The van der Waals surface area contributed by atoms with Gasteiger partial charge in [-0.15, -0.1) is 0 Å². The first-order valence-electron chi connectivity index (χ1n) is 5.28. The van der Waals surface area contributed by atoms with Gasteiger partial charge in [-0.3, -0.25) is 4.79 Å². The summed E-state index contributed by atoms with van der Waals surface area (Å²) in [4.78, 5) is 11.6. The van der Waals surface area contributed by atoms with Crippen molar-refractivity contribution in [1.29, 1.82) is 0 Å². The molecule has 0 spiro atoms. The quantitative estimate of drug-likeness (QED) is 0.705. The van der Waals surface area contributed by atoms with E-state index in [0.717, 1.165) is 17.1 Å². The number of nitrogens with zero attached hydrogens (tertiary/aromatic N) is 1. The molecule has 1 amide bonds. The van der Waals surface area contributed by atoms with E-state index < -0.39 is 10.0 Å². The van der Waals surface area contributed by atoms with Gasteiger partial charge in [0.15, 0.2) is 0 Å². The van der Waals surface area contributed by atoms with Gasteiger partial charge in [0.2, 0.25) is 15.9 Å². The molecule has 1 saturated carbocycles. The van der Waals surface area contributed by atoms with Crippen LogP contribution in [0.1, 0.15) is 32.6 Å². The fourth-order valence-corrected chi connectivity index (χ4v) is 3.26. The van der Waals surface area contributed by atoms with Crippen molar-refractivity contribution in [3.8, 4) is 0 Å². The molecule has 1 fully saturated rings. The Hall–Kier alpha value is -0.620. The second kappa shape index (κ2) is 4.94. The molecule has 1 rings (SSSR count). The summed E-state index contributed by atoms with van der Waals surface area (Å²) in [6, 6.07) is -0.0967. The van der Waals surface area contributed by atoms with Gasteiger partial charge in [-0.25, -0.2) is 12.7 Å². The third kappa shape index (κ3) is 3.17. The van der Waals surface area contributed by atoms with Crippen LogP contribution >= 0.6 is 0 Å². The topological polar surface area (TPSA) is 80.5 Å². The molecule has 0 unspecified atom stereocenters. The Morgan fingerprint density at radius 1 is 1.47 bits per heavy atom. The fraction of sp³-hybridized carbons (Fsp3) is 0.889. The van der Waals surface area contributed by atoms with Gasteiger partial charge in [-0.2, -0.15) is 0 Å². The van der Waals surface area contributed by atoms with Gasteiger partial charge in [0.05, 0.1) is 5.75 Å². The molecule has 0 atom stereocenters. The van der Waals surface area contributed by atoms with E-state index in [0.29, 0.717) is 6.42 Å². The van der Waals surface area contributed by atoms with E-state index in [4.69, 9.17) is 5.73 Å². The summed E-state index contributed by atoms with van der Waals surface area (Å²) in [5, 5.41) is 0. The van der Waals surface area contributed by atoms with E-state index in [-0.39, 0.29) is 30.7 Å². The average molecular weight is 234 g/mol. The van der Waals surface area contributed by atoms with Gasteiger partial charge < -0.3 is 5.73 Å². The summed E-state index contributed by atoms with van der Waals surface area (Å²) in [5.41, 5.74) is 5.26. The summed E-state index contributed by atoms with van der Waals surface area (Å²) in [7, 11) is -3.40. The third-order valence-corrected chi connectivity index (χ3v) is 4.27. The van der Waals surface area contributed by atoms with Crippen LogP contribution in [0.4, 0.5) is 0 Å². The molecule has 0 heterocycles. The standard InChI is InChI=1S/C9H18N2O3S/c1-2-7-15(13,14)11(8-3-4-8)9(12)5-6-10/h8H,2-7,10H2,1H3. The zero-order valence-corrected chi connectivity index (χ0v) is 9.79. The number of rotatable bonds is 6. The minimum atomic E-state index is -3.40. The van der Waals surface area contributed by atoms with Crippen molar-refractivity contribution in [3.63, 3.8) is 0 Å². The lowest BCUT2D eigenvalue weighted by Crippen LogP contribution is -2.40. The molecule has 2 N–H and O–H groups in total. The molecule has 88 valence electrons. The van der Waals surface area contributed by atoms with Crippen molar-refractivity contribution in [2.45, 2.75) is 38.6 Å². The molecule has 0 aromatic heterocycles. The van der Waals surface area contributed by atoms with Crippen molar-refractivity contribution >= 4 is 15.9 Å². The molecule has 0 bridgehead atoms. The van der Waals surface area contributed by atoms with Crippen molar-refractivity contribution in [3.05, 3.63) is 0 Å². The largest absolute Gasteiger partial charge is 0.330 e. The molecule has 15 heavy (non-hydrogen) atoms. The van der Waals surface area contributed by atoms with E-state index in [1.165, 1.54) is 0 Å². The molecule has 0 aromatic rings. The lowest BCUT2D eigenvalue weighted by Gasteiger charge is -2.21. The van der Waals surface area contributed by atoms with Crippen LogP contribution in [0.2, 0.25) is 0 Å². The van der Waals surface area contributed by atoms with Crippen LogP contribution in [0, 0.1) is 0 Å². The van der Waals surface area contributed by atoms with Gasteiger partial charge in [0.1, 0.15) is 0 Å². The second-order valence-corrected chi connectivity index (χ2v) is 5.74. The third-order valence-electron chi connectivity index (χ3n) is 2.24. The lowest BCUT2D eigenvalue weighted by atomic mass is 10.4. The monoisotopic (exact) mass is 234 g/mol. The van der Waals surface area contributed by atoms with Crippen LogP contribution in [-0.4, -0.2) is 37.0 Å². The SMILES string of the molecule is CCCS(=O)(=O)N(C(=O)CCN)C1CC1. The Labute approximate surface area is 90.7 Å². The number of carbonyl (C=O) groups excluding carboxylic acids is 1. The number of nitrogens with two attached hydrogens (primary N) is 1. The Bertz CT molecular complexity index is 322. The van der Waals surface area contributed by atoms with Crippen LogP contribution in [-0.2, 0) is 14.8 Å². The Kier molecular flexibility index (Phi) is 4.10. The van der Waals surface area contributed by atoms with Gasteiger partial charge in [-0.05, 0) is 19.3 Å². The van der Waals surface area contributed by atoms with Gasteiger partial charge in [-0.1, -0.05) is 6.92 Å². The van der Waals surface area contributed by atoms with E-state index in [1.54, 1.807) is 6.92 Å². The number of hydrogen-bond acceptors (Lipinski definition) is 4. The normalized spacial score (nSPS) is 16.4. The smallest absolute Gasteiger partial charge is 0.237 e. The first-order chi connectivity index (χ1) is 7.03. The first-order valence-corrected chi connectivity index (χ1v) is 6.89. The highest BCUT2D eigenvalue weighted by atomic mass is 32.2. The predicted octanol–water partition coefficient (Wildman–Crippen LogP) is 0.0660. The average Bonchev–Trinajstić information content (AvgIpc) is 2.88. The molecule has 0 saturated heterocycles. The van der Waals surface area contributed by atoms with Gasteiger partial charge >= 0.3 is 0 Å². The van der Waals surface area contributed by atoms with Gasteiger partial charge in [0, 0.05) is 19.0 Å². The van der Waals surface area contributed by atoms with Crippen LogP contribution in [0.5, 0.6) is 0 Å². The fourth-order valence-electron chi connectivity index (χ4n) is 1.48. The summed E-state index contributed by atoms with van der Waals surface area (Å²) in [6.07, 6.45) is 2.22. The molecular formula is C9H18N2O3S. The molecule has 1 aliphatic rings. The van der Waals surface area contributed by atoms with E-state index in [2.05, 4.69) is 0 Å². The van der Waals surface area contributed by atoms with Crippen LogP contribution in [0.15, 0.2) is 0 Å². The summed E-state index contributed by atoms with van der Waals surface area (Å²) in [6.45, 7) is 1.99. The van der Waals surface area contributed by atoms with Crippen LogP contribution in [0.25, 0.3) is 0 Å². The zero-order chi connectivity index (χ0) is 11.5. The lowest BCUT2D eigenvalue weighted by molar-refractivity contribution is -0.126. The molecular weight excluding hydrogens is 216 g/mol. The minimum absolute atomic E-state index is 0.0415. The molecule has 5 nitrogen and oxygen atoms in total. The van der Waals surface area contributed by atoms with E-state index >= 15 is 0 Å². The molecule has 0 radical (unpaired) electrons. The van der Waals surface area contributed by atoms with Crippen LogP contribution < -0.4 is 5.73 Å². The highest BCUT2D eigenvalue weighted by Crippen LogP contribution is 2.30. The zero-order valence-electron chi connectivity index (χ0n) is 8.98. The van der Waals surface area contributed by atoms with Crippen molar-refractivity contribution in [2.75, 3.05) is 12.3 Å². The highest BCUT2D eigenvalue weighted by molar-refractivity contribution is 7.89. The summed E-state index contributed by atoms with van der Waals surface area (Å²) in [5.74, 6) is -0.312. The maximum atomic E-state index is 11.8. The molecule has 0 aromatic carbocycles. The van der Waals surface area contributed by atoms with E-state index in [1.807, 2.05) is 0 Å². The summed E-state index contributed by atoms with van der Waals surface area (Å²) < 4.78 is 24.6. The summed E-state index contributed by atoms with van der Waals surface area (Å²) >= 11 is 0. The van der Waals surface area contributed by atoms with Crippen molar-refractivity contribution in [2.24, 2.45) is 5.73 Å². The van der Waals surface area contributed by atoms with Crippen LogP contribution in [0.3, 0.4) is 0 Å².